The van der Waals surface area contributed by atoms with E-state index in [2.05, 4.69) is 5.32 Å². The molecule has 30 heavy (non-hydrogen) atoms. The smallest absolute Gasteiger partial charge is 0.270 e. The van der Waals surface area contributed by atoms with E-state index in [1.165, 1.54) is 0 Å². The molecule has 2 amide bonds. The summed E-state index contributed by atoms with van der Waals surface area (Å²) in [5.74, 6) is 0.908. The van der Waals surface area contributed by atoms with E-state index in [4.69, 9.17) is 9.47 Å². The highest BCUT2D eigenvalue weighted by Crippen LogP contribution is 2.17. The van der Waals surface area contributed by atoms with Gasteiger partial charge in [0.1, 0.15) is 17.2 Å². The Morgan fingerprint density at radius 2 is 1.37 bits per heavy atom. The second-order valence-electron chi connectivity index (χ2n) is 7.22. The maximum atomic E-state index is 13.2. The zero-order valence-corrected chi connectivity index (χ0v) is 17.5. The van der Waals surface area contributed by atoms with E-state index in [1.807, 2.05) is 29.2 Å². The van der Waals surface area contributed by atoms with Gasteiger partial charge in [0.15, 0.2) is 0 Å². The lowest BCUT2D eigenvalue weighted by Crippen LogP contribution is -2.39. The van der Waals surface area contributed by atoms with E-state index in [0.29, 0.717) is 24.4 Å². The number of hydrogen-bond donors (Lipinski definition) is 1. The molecule has 0 atom stereocenters. The maximum absolute atomic E-state index is 13.2. The van der Waals surface area contributed by atoms with Gasteiger partial charge in [-0.2, -0.15) is 0 Å². The highest BCUT2D eigenvalue weighted by Gasteiger charge is 2.22. The number of amides is 2. The summed E-state index contributed by atoms with van der Waals surface area (Å²) >= 11 is 0. The first kappa shape index (κ1) is 21.4. The largest absolute Gasteiger partial charge is 0.497 e. The summed E-state index contributed by atoms with van der Waals surface area (Å²) in [6.45, 7) is 1.41. The fourth-order valence-corrected chi connectivity index (χ4v) is 3.40. The van der Waals surface area contributed by atoms with E-state index in [1.54, 1.807) is 44.6 Å². The molecule has 6 heteroatoms. The van der Waals surface area contributed by atoms with Crippen molar-refractivity contribution in [3.8, 4) is 11.5 Å². The summed E-state index contributed by atoms with van der Waals surface area (Å²) in [5, 5.41) is 2.82. The van der Waals surface area contributed by atoms with Crippen LogP contribution in [-0.4, -0.2) is 44.0 Å². The van der Waals surface area contributed by atoms with Crippen LogP contribution in [-0.2, 0) is 4.79 Å². The van der Waals surface area contributed by atoms with Gasteiger partial charge in [0.05, 0.1) is 14.2 Å². The minimum Gasteiger partial charge on any atom is -0.497 e. The molecule has 0 aromatic heterocycles. The predicted molar refractivity (Wildman–Crippen MR) is 116 cm³/mol. The molecule has 0 unspecified atom stereocenters. The lowest BCUT2D eigenvalue weighted by molar-refractivity contribution is -0.127. The fourth-order valence-electron chi connectivity index (χ4n) is 3.40. The van der Waals surface area contributed by atoms with Crippen molar-refractivity contribution in [3.05, 3.63) is 65.4 Å². The van der Waals surface area contributed by atoms with Crippen LogP contribution in [0.1, 0.15) is 41.6 Å². The Morgan fingerprint density at radius 1 is 0.833 bits per heavy atom. The second kappa shape index (κ2) is 10.5. The van der Waals surface area contributed by atoms with Gasteiger partial charge in [-0.1, -0.05) is 25.0 Å². The third-order valence-electron chi connectivity index (χ3n) is 5.15. The molecule has 1 aliphatic rings. The van der Waals surface area contributed by atoms with Gasteiger partial charge >= 0.3 is 0 Å². The van der Waals surface area contributed by atoms with E-state index in [-0.39, 0.29) is 17.5 Å². The molecule has 6 nitrogen and oxygen atoms in total. The summed E-state index contributed by atoms with van der Waals surface area (Å²) in [5.41, 5.74) is 1.53. The van der Waals surface area contributed by atoms with Gasteiger partial charge in [-0.15, -0.1) is 0 Å². The number of methoxy groups -OCH3 is 2. The molecule has 2 aromatic rings. The molecule has 1 aliphatic heterocycles. The van der Waals surface area contributed by atoms with Gasteiger partial charge in [0.2, 0.25) is 0 Å². The topological polar surface area (TPSA) is 67.9 Å². The number of ether oxygens (including phenoxy) is 2. The molecular formula is C24H28N2O4. The highest BCUT2D eigenvalue weighted by atomic mass is 16.5. The second-order valence-corrected chi connectivity index (χ2v) is 7.22. The van der Waals surface area contributed by atoms with Crippen LogP contribution in [0.5, 0.6) is 11.5 Å². The molecule has 1 N–H and O–H groups in total. The lowest BCUT2D eigenvalue weighted by atomic mass is 10.1. The van der Waals surface area contributed by atoms with Crippen molar-refractivity contribution in [2.45, 2.75) is 25.7 Å². The van der Waals surface area contributed by atoms with Crippen molar-refractivity contribution in [2.75, 3.05) is 27.3 Å². The van der Waals surface area contributed by atoms with Crippen molar-refractivity contribution in [2.24, 2.45) is 0 Å². The Hall–Kier alpha value is -3.28. The Kier molecular flexibility index (Phi) is 7.49. The third kappa shape index (κ3) is 5.63. The standard InChI is InChI=1S/C24H28N2O4/c1-29-20-11-7-18(8-12-20)17-22(24(28)26-15-5-3-4-6-16-26)25-23(27)19-9-13-21(30-2)14-10-19/h7-14,17H,3-6,15-16H2,1-2H3,(H,25,27)/b22-17-. The zero-order chi connectivity index (χ0) is 21.3. The highest BCUT2D eigenvalue weighted by molar-refractivity contribution is 6.05. The van der Waals surface area contributed by atoms with Crippen molar-refractivity contribution < 1.29 is 19.1 Å². The van der Waals surface area contributed by atoms with E-state index < -0.39 is 0 Å². The van der Waals surface area contributed by atoms with Gasteiger partial charge < -0.3 is 19.7 Å². The van der Waals surface area contributed by atoms with Crippen LogP contribution in [0.4, 0.5) is 0 Å². The molecule has 0 bridgehead atoms. The first-order valence-corrected chi connectivity index (χ1v) is 10.2. The molecule has 1 saturated heterocycles. The molecule has 1 fully saturated rings. The number of hydrogen-bond acceptors (Lipinski definition) is 4. The van der Waals surface area contributed by atoms with Crippen LogP contribution < -0.4 is 14.8 Å². The van der Waals surface area contributed by atoms with Gasteiger partial charge in [-0.3, -0.25) is 9.59 Å². The summed E-state index contributed by atoms with van der Waals surface area (Å²) in [7, 11) is 3.18. The molecule has 158 valence electrons. The zero-order valence-electron chi connectivity index (χ0n) is 17.5. The Balaban J connectivity index is 1.85. The molecule has 0 saturated carbocycles. The number of carbonyl (C=O) groups excluding carboxylic acids is 2. The van der Waals surface area contributed by atoms with E-state index in [9.17, 15) is 9.59 Å². The number of nitrogens with zero attached hydrogens (tertiary/aromatic N) is 1. The molecule has 0 aliphatic carbocycles. The normalized spacial score (nSPS) is 14.6. The van der Waals surface area contributed by atoms with Gasteiger partial charge in [0, 0.05) is 18.7 Å². The van der Waals surface area contributed by atoms with E-state index >= 15 is 0 Å². The van der Waals surface area contributed by atoms with E-state index in [0.717, 1.165) is 37.0 Å². The first-order valence-electron chi connectivity index (χ1n) is 10.2. The van der Waals surface area contributed by atoms with Crippen molar-refractivity contribution in [1.82, 2.24) is 10.2 Å². The molecule has 3 rings (SSSR count). The fraction of sp³-hybridized carbons (Fsp3) is 0.333. The Bertz CT molecular complexity index is 880. The number of carbonyl (C=O) groups is 2. The predicted octanol–water partition coefficient (Wildman–Crippen LogP) is 3.88. The molecule has 2 aromatic carbocycles. The van der Waals surface area contributed by atoms with Crippen LogP contribution in [0.2, 0.25) is 0 Å². The number of benzene rings is 2. The average molecular weight is 408 g/mol. The first-order chi connectivity index (χ1) is 14.6. The quantitative estimate of drug-likeness (QED) is 0.737. The van der Waals surface area contributed by atoms with Crippen molar-refractivity contribution in [1.29, 1.82) is 0 Å². The number of likely N-dealkylation sites (tertiary alicyclic amines) is 1. The van der Waals surface area contributed by atoms with Crippen LogP contribution >= 0.6 is 0 Å². The van der Waals surface area contributed by atoms with Gasteiger partial charge in [-0.05, 0) is 60.9 Å². The van der Waals surface area contributed by atoms with Crippen LogP contribution in [0.15, 0.2) is 54.2 Å². The summed E-state index contributed by atoms with van der Waals surface area (Å²) in [6, 6.07) is 14.2. The third-order valence-corrected chi connectivity index (χ3v) is 5.15. The monoisotopic (exact) mass is 408 g/mol. The van der Waals surface area contributed by atoms with Crippen LogP contribution in [0.25, 0.3) is 6.08 Å². The maximum Gasteiger partial charge on any atom is 0.270 e. The van der Waals surface area contributed by atoms with Crippen molar-refractivity contribution in [3.63, 3.8) is 0 Å². The minimum atomic E-state index is -0.333. The lowest BCUT2D eigenvalue weighted by Gasteiger charge is -2.22. The summed E-state index contributed by atoms with van der Waals surface area (Å²) < 4.78 is 10.3. The number of nitrogens with one attached hydrogen (secondary N) is 1. The molecule has 0 radical (unpaired) electrons. The minimum absolute atomic E-state index is 0.158. The summed E-state index contributed by atoms with van der Waals surface area (Å²) in [4.78, 5) is 27.9. The van der Waals surface area contributed by atoms with Gasteiger partial charge in [-0.25, -0.2) is 0 Å². The van der Waals surface area contributed by atoms with Crippen LogP contribution in [0.3, 0.4) is 0 Å². The number of rotatable bonds is 6. The SMILES string of the molecule is COc1ccc(/C=C(\NC(=O)c2ccc(OC)cc2)C(=O)N2CCCCCC2)cc1. The summed E-state index contributed by atoms with van der Waals surface area (Å²) in [6.07, 6.45) is 5.93. The van der Waals surface area contributed by atoms with Crippen LogP contribution in [0, 0.1) is 0 Å². The van der Waals surface area contributed by atoms with Crippen molar-refractivity contribution >= 4 is 17.9 Å². The average Bonchev–Trinajstić information content (AvgIpc) is 3.08. The molecular weight excluding hydrogens is 380 g/mol. The van der Waals surface area contributed by atoms with Gasteiger partial charge in [0.25, 0.3) is 11.8 Å². The Labute approximate surface area is 177 Å². The molecule has 1 heterocycles. The Morgan fingerprint density at radius 3 is 1.90 bits per heavy atom. The molecule has 0 spiro atoms.